The summed E-state index contributed by atoms with van der Waals surface area (Å²) in [5.41, 5.74) is 4.96. The fourth-order valence-corrected chi connectivity index (χ4v) is 1.75. The molecule has 1 aromatic rings. The lowest BCUT2D eigenvalue weighted by molar-refractivity contribution is -0.142. The van der Waals surface area contributed by atoms with Crippen LogP contribution in [-0.4, -0.2) is 35.5 Å². The van der Waals surface area contributed by atoms with E-state index in [1.807, 2.05) is 30.3 Å². The molecule has 1 rings (SSSR count). The first-order valence-electron chi connectivity index (χ1n) is 6.97. The summed E-state index contributed by atoms with van der Waals surface area (Å²) in [6.45, 7) is 0.358. The number of carboxylic acid groups (broad SMARTS) is 1. The van der Waals surface area contributed by atoms with Crippen LogP contribution in [0.5, 0.6) is 5.75 Å². The highest BCUT2D eigenvalue weighted by Crippen LogP contribution is 2.08. The first kappa shape index (κ1) is 17.5. The number of primary amides is 1. The number of nitrogens with two attached hydrogens (primary N) is 1. The molecule has 2 amide bonds. The van der Waals surface area contributed by atoms with Gasteiger partial charge in [-0.2, -0.15) is 0 Å². The van der Waals surface area contributed by atoms with E-state index in [1.54, 1.807) is 0 Å². The number of aliphatic carboxylic acids is 1. The number of carbonyl (C=O) groups excluding carboxylic acids is 2. The third-order valence-electron chi connectivity index (χ3n) is 2.87. The predicted molar refractivity (Wildman–Crippen MR) is 79.2 cm³/mol. The molecular weight excluding hydrogens is 288 g/mol. The summed E-state index contributed by atoms with van der Waals surface area (Å²) in [6.07, 6.45) is 0.501. The van der Waals surface area contributed by atoms with E-state index < -0.39 is 23.8 Å². The second kappa shape index (κ2) is 9.38. The van der Waals surface area contributed by atoms with Gasteiger partial charge in [0.25, 0.3) is 0 Å². The maximum atomic E-state index is 11.7. The zero-order chi connectivity index (χ0) is 16.4. The molecule has 7 nitrogen and oxygen atoms in total. The average molecular weight is 308 g/mol. The zero-order valence-electron chi connectivity index (χ0n) is 12.2. The van der Waals surface area contributed by atoms with Gasteiger partial charge in [0.1, 0.15) is 11.8 Å². The maximum absolute atomic E-state index is 11.7. The number of nitrogens with one attached hydrogen (secondary N) is 1. The summed E-state index contributed by atoms with van der Waals surface area (Å²) in [5, 5.41) is 11.3. The minimum Gasteiger partial charge on any atom is -0.494 e. The number of rotatable bonds is 10. The first-order valence-corrected chi connectivity index (χ1v) is 6.97. The molecular formula is C15H20N2O5. The molecule has 0 saturated heterocycles. The SMILES string of the molecule is NC(=O)CCC(NC(=O)CCCOc1ccccc1)C(=O)O. The molecule has 0 saturated carbocycles. The monoisotopic (exact) mass is 308 g/mol. The van der Waals surface area contributed by atoms with Gasteiger partial charge < -0.3 is 20.9 Å². The quantitative estimate of drug-likeness (QED) is 0.549. The summed E-state index contributed by atoms with van der Waals surface area (Å²) < 4.78 is 5.43. The summed E-state index contributed by atoms with van der Waals surface area (Å²) in [5.74, 6) is -1.46. The van der Waals surface area contributed by atoms with Crippen molar-refractivity contribution in [2.45, 2.75) is 31.7 Å². The van der Waals surface area contributed by atoms with Gasteiger partial charge >= 0.3 is 5.97 Å². The Morgan fingerprint density at radius 2 is 1.86 bits per heavy atom. The number of hydrogen-bond acceptors (Lipinski definition) is 4. The first-order chi connectivity index (χ1) is 10.5. The molecule has 7 heteroatoms. The summed E-state index contributed by atoms with van der Waals surface area (Å²) in [4.78, 5) is 33.3. The number of ether oxygens (including phenoxy) is 1. The second-order valence-electron chi connectivity index (χ2n) is 4.73. The van der Waals surface area contributed by atoms with Crippen LogP contribution in [0, 0.1) is 0 Å². The van der Waals surface area contributed by atoms with Crippen LogP contribution in [0.25, 0.3) is 0 Å². The van der Waals surface area contributed by atoms with Gasteiger partial charge in [-0.25, -0.2) is 4.79 Å². The third kappa shape index (κ3) is 7.28. The molecule has 120 valence electrons. The van der Waals surface area contributed by atoms with Crippen LogP contribution in [0.1, 0.15) is 25.7 Å². The number of hydrogen-bond donors (Lipinski definition) is 3. The third-order valence-corrected chi connectivity index (χ3v) is 2.87. The molecule has 0 radical (unpaired) electrons. The molecule has 0 heterocycles. The predicted octanol–water partition coefficient (Wildman–Crippen LogP) is 0.680. The lowest BCUT2D eigenvalue weighted by Gasteiger charge is -2.13. The van der Waals surface area contributed by atoms with E-state index in [9.17, 15) is 14.4 Å². The van der Waals surface area contributed by atoms with Gasteiger partial charge in [-0.1, -0.05) is 18.2 Å². The van der Waals surface area contributed by atoms with E-state index in [4.69, 9.17) is 15.6 Å². The molecule has 0 aromatic heterocycles. The van der Waals surface area contributed by atoms with Crippen molar-refractivity contribution in [3.63, 3.8) is 0 Å². The Kier molecular flexibility index (Phi) is 7.45. The van der Waals surface area contributed by atoms with Crippen molar-refractivity contribution in [2.75, 3.05) is 6.61 Å². The topological polar surface area (TPSA) is 119 Å². The molecule has 0 aliphatic rings. The van der Waals surface area contributed by atoms with Crippen LogP contribution < -0.4 is 15.8 Å². The summed E-state index contributed by atoms with van der Waals surface area (Å²) in [6, 6.07) is 8.08. The largest absolute Gasteiger partial charge is 0.494 e. The van der Waals surface area contributed by atoms with Gasteiger partial charge in [-0.3, -0.25) is 9.59 Å². The molecule has 4 N–H and O–H groups in total. The highest BCUT2D eigenvalue weighted by atomic mass is 16.5. The van der Waals surface area contributed by atoms with Crippen LogP contribution in [0.2, 0.25) is 0 Å². The van der Waals surface area contributed by atoms with Crippen molar-refractivity contribution >= 4 is 17.8 Å². The number of para-hydroxylation sites is 1. The van der Waals surface area contributed by atoms with Gasteiger partial charge in [-0.05, 0) is 25.0 Å². The van der Waals surface area contributed by atoms with Crippen molar-refractivity contribution in [1.82, 2.24) is 5.32 Å². The van der Waals surface area contributed by atoms with Crippen molar-refractivity contribution in [3.8, 4) is 5.75 Å². The molecule has 0 fully saturated rings. The molecule has 0 bridgehead atoms. The maximum Gasteiger partial charge on any atom is 0.326 e. The number of amides is 2. The Balaban J connectivity index is 2.25. The highest BCUT2D eigenvalue weighted by molar-refractivity contribution is 5.84. The lowest BCUT2D eigenvalue weighted by atomic mass is 10.1. The fourth-order valence-electron chi connectivity index (χ4n) is 1.75. The van der Waals surface area contributed by atoms with Gasteiger partial charge in [0.2, 0.25) is 11.8 Å². The molecule has 0 aliphatic carbocycles. The Labute approximate surface area is 128 Å². The molecule has 1 unspecified atom stereocenters. The van der Waals surface area contributed by atoms with Crippen LogP contribution in [0.4, 0.5) is 0 Å². The zero-order valence-corrected chi connectivity index (χ0v) is 12.2. The molecule has 0 aliphatic heterocycles. The van der Waals surface area contributed by atoms with Gasteiger partial charge in [-0.15, -0.1) is 0 Å². The number of carboxylic acids is 1. The second-order valence-corrected chi connectivity index (χ2v) is 4.73. The molecule has 22 heavy (non-hydrogen) atoms. The van der Waals surface area contributed by atoms with Crippen LogP contribution in [-0.2, 0) is 14.4 Å². The van der Waals surface area contributed by atoms with E-state index in [0.29, 0.717) is 18.8 Å². The normalized spacial score (nSPS) is 11.5. The minimum absolute atomic E-state index is 0.0169. The van der Waals surface area contributed by atoms with E-state index in [0.717, 1.165) is 0 Å². The van der Waals surface area contributed by atoms with Gasteiger partial charge in [0.15, 0.2) is 0 Å². The smallest absolute Gasteiger partial charge is 0.326 e. The summed E-state index contributed by atoms with van der Waals surface area (Å²) in [7, 11) is 0. The summed E-state index contributed by atoms with van der Waals surface area (Å²) >= 11 is 0. The molecule has 1 atom stereocenters. The van der Waals surface area contributed by atoms with Crippen LogP contribution in [0.3, 0.4) is 0 Å². The number of benzene rings is 1. The Bertz CT molecular complexity index is 504. The van der Waals surface area contributed by atoms with Crippen LogP contribution in [0.15, 0.2) is 30.3 Å². The lowest BCUT2D eigenvalue weighted by Crippen LogP contribution is -2.41. The Morgan fingerprint density at radius 1 is 1.18 bits per heavy atom. The van der Waals surface area contributed by atoms with E-state index in [-0.39, 0.29) is 19.3 Å². The highest BCUT2D eigenvalue weighted by Gasteiger charge is 2.20. The Hall–Kier alpha value is -2.57. The van der Waals surface area contributed by atoms with E-state index in [1.165, 1.54) is 0 Å². The average Bonchev–Trinajstić information content (AvgIpc) is 2.48. The van der Waals surface area contributed by atoms with Gasteiger partial charge in [0, 0.05) is 12.8 Å². The molecule has 1 aromatic carbocycles. The number of carbonyl (C=O) groups is 3. The van der Waals surface area contributed by atoms with Crippen molar-refractivity contribution in [3.05, 3.63) is 30.3 Å². The van der Waals surface area contributed by atoms with Crippen molar-refractivity contribution < 1.29 is 24.2 Å². The minimum atomic E-state index is -1.19. The van der Waals surface area contributed by atoms with E-state index in [2.05, 4.69) is 5.32 Å². The van der Waals surface area contributed by atoms with Crippen molar-refractivity contribution in [1.29, 1.82) is 0 Å². The Morgan fingerprint density at radius 3 is 2.45 bits per heavy atom. The molecule has 0 spiro atoms. The van der Waals surface area contributed by atoms with Crippen molar-refractivity contribution in [2.24, 2.45) is 5.73 Å². The van der Waals surface area contributed by atoms with Crippen LogP contribution >= 0.6 is 0 Å². The standard InChI is InChI=1S/C15H20N2O5/c16-13(18)9-8-12(15(20)21)17-14(19)7-4-10-22-11-5-2-1-3-6-11/h1-3,5-6,12H,4,7-10H2,(H2,16,18)(H,17,19)(H,20,21). The fraction of sp³-hybridized carbons (Fsp3) is 0.400. The van der Waals surface area contributed by atoms with Gasteiger partial charge in [0.05, 0.1) is 6.61 Å². The van der Waals surface area contributed by atoms with E-state index >= 15 is 0 Å².